The van der Waals surface area contributed by atoms with Crippen molar-refractivity contribution >= 4 is 0 Å². The molecule has 0 amide bonds. The van der Waals surface area contributed by atoms with E-state index in [4.69, 9.17) is 0 Å². The van der Waals surface area contributed by atoms with E-state index in [-0.39, 0.29) is 6.04 Å². The van der Waals surface area contributed by atoms with E-state index in [1.54, 1.807) is 24.9 Å². The molecule has 0 aromatic carbocycles. The van der Waals surface area contributed by atoms with Crippen LogP contribution in [0.3, 0.4) is 0 Å². The quantitative estimate of drug-likeness (QED) is 0.702. The molecule has 2 aromatic rings. The van der Waals surface area contributed by atoms with Crippen molar-refractivity contribution in [3.63, 3.8) is 0 Å². The second-order valence-corrected chi connectivity index (χ2v) is 3.53. The molecular formula is C10H11N5. The Morgan fingerprint density at radius 3 is 3.13 bits per heavy atom. The summed E-state index contributed by atoms with van der Waals surface area (Å²) in [6, 6.07) is 0.0775. The first-order chi connectivity index (χ1) is 7.45. The van der Waals surface area contributed by atoms with Gasteiger partial charge in [-0.15, -0.1) is 0 Å². The Hall–Kier alpha value is -1.75. The van der Waals surface area contributed by atoms with E-state index in [0.29, 0.717) is 0 Å². The van der Waals surface area contributed by atoms with E-state index in [0.717, 1.165) is 24.4 Å². The highest BCUT2D eigenvalue weighted by Crippen LogP contribution is 2.23. The molecule has 2 aromatic heterocycles. The van der Waals surface area contributed by atoms with Crippen molar-refractivity contribution in [3.05, 3.63) is 42.0 Å². The van der Waals surface area contributed by atoms with Gasteiger partial charge in [-0.1, -0.05) is 0 Å². The molecule has 0 fully saturated rings. The SMILES string of the molecule is c1cnc(C2NCCc3[nH]cnc32)cn1. The molecule has 76 valence electrons. The number of rotatable bonds is 1. The molecule has 1 aliphatic rings. The molecule has 1 unspecified atom stereocenters. The van der Waals surface area contributed by atoms with Crippen LogP contribution in [0.4, 0.5) is 0 Å². The molecule has 0 saturated heterocycles. The topological polar surface area (TPSA) is 66.5 Å². The maximum absolute atomic E-state index is 4.33. The van der Waals surface area contributed by atoms with Gasteiger partial charge in [0.15, 0.2) is 0 Å². The first kappa shape index (κ1) is 8.55. The van der Waals surface area contributed by atoms with Gasteiger partial charge in [-0.2, -0.15) is 0 Å². The second-order valence-electron chi connectivity index (χ2n) is 3.53. The molecule has 5 nitrogen and oxygen atoms in total. The minimum atomic E-state index is 0.0775. The molecule has 3 heterocycles. The Bertz CT molecular complexity index is 450. The molecule has 0 spiro atoms. The second kappa shape index (κ2) is 3.43. The lowest BCUT2D eigenvalue weighted by Gasteiger charge is -2.21. The third-order valence-electron chi connectivity index (χ3n) is 2.63. The molecule has 1 atom stereocenters. The number of imidazole rings is 1. The van der Waals surface area contributed by atoms with Gasteiger partial charge in [0.2, 0.25) is 0 Å². The Labute approximate surface area is 87.0 Å². The van der Waals surface area contributed by atoms with E-state index >= 15 is 0 Å². The van der Waals surface area contributed by atoms with Gasteiger partial charge in [0.05, 0.1) is 30.0 Å². The number of aromatic nitrogens is 4. The van der Waals surface area contributed by atoms with Crippen LogP contribution >= 0.6 is 0 Å². The van der Waals surface area contributed by atoms with Crippen molar-refractivity contribution in [1.29, 1.82) is 0 Å². The zero-order chi connectivity index (χ0) is 10.1. The molecule has 0 saturated carbocycles. The number of hydrogen-bond acceptors (Lipinski definition) is 4. The van der Waals surface area contributed by atoms with Gasteiger partial charge in [-0.05, 0) is 0 Å². The third kappa shape index (κ3) is 1.41. The Morgan fingerprint density at radius 2 is 2.27 bits per heavy atom. The van der Waals surface area contributed by atoms with Crippen molar-refractivity contribution in [1.82, 2.24) is 25.3 Å². The smallest absolute Gasteiger partial charge is 0.0959 e. The summed E-state index contributed by atoms with van der Waals surface area (Å²) in [5.74, 6) is 0. The Balaban J connectivity index is 2.03. The van der Waals surface area contributed by atoms with Gasteiger partial charge in [0.1, 0.15) is 0 Å². The summed E-state index contributed by atoms with van der Waals surface area (Å²) in [5, 5.41) is 3.39. The zero-order valence-corrected chi connectivity index (χ0v) is 8.14. The number of nitrogens with one attached hydrogen (secondary N) is 2. The minimum Gasteiger partial charge on any atom is -0.348 e. The van der Waals surface area contributed by atoms with E-state index < -0.39 is 0 Å². The van der Waals surface area contributed by atoms with Crippen LogP contribution in [0.5, 0.6) is 0 Å². The standard InChI is InChI=1S/C10H11N5/c1-2-13-10(8-5-11-3-4-12-8)9-7(1)14-6-15-9/h3-6,10,13H,1-2H2,(H,14,15). The lowest BCUT2D eigenvalue weighted by molar-refractivity contribution is 0.541. The predicted octanol–water partition coefficient (Wildman–Crippen LogP) is 0.435. The average molecular weight is 201 g/mol. The molecule has 2 N–H and O–H groups in total. The fourth-order valence-corrected chi connectivity index (χ4v) is 1.92. The van der Waals surface area contributed by atoms with Crippen LogP contribution in [-0.2, 0) is 6.42 Å². The van der Waals surface area contributed by atoms with E-state index in [1.807, 2.05) is 0 Å². The lowest BCUT2D eigenvalue weighted by atomic mass is 10.0. The lowest BCUT2D eigenvalue weighted by Crippen LogP contribution is -2.31. The Kier molecular flexibility index (Phi) is 1.96. The third-order valence-corrected chi connectivity index (χ3v) is 2.63. The minimum absolute atomic E-state index is 0.0775. The maximum Gasteiger partial charge on any atom is 0.0959 e. The predicted molar refractivity (Wildman–Crippen MR) is 54.2 cm³/mol. The van der Waals surface area contributed by atoms with Crippen LogP contribution in [0.2, 0.25) is 0 Å². The first-order valence-corrected chi connectivity index (χ1v) is 4.96. The summed E-state index contributed by atoms with van der Waals surface area (Å²) in [7, 11) is 0. The van der Waals surface area contributed by atoms with Crippen LogP contribution in [0.25, 0.3) is 0 Å². The van der Waals surface area contributed by atoms with Gasteiger partial charge in [0, 0.05) is 31.1 Å². The fraction of sp³-hybridized carbons (Fsp3) is 0.300. The van der Waals surface area contributed by atoms with E-state index in [1.165, 1.54) is 5.69 Å². The summed E-state index contributed by atoms with van der Waals surface area (Å²) >= 11 is 0. The monoisotopic (exact) mass is 201 g/mol. The average Bonchev–Trinajstić information content (AvgIpc) is 2.78. The van der Waals surface area contributed by atoms with Crippen molar-refractivity contribution in [2.75, 3.05) is 6.54 Å². The van der Waals surface area contributed by atoms with E-state index in [9.17, 15) is 0 Å². The molecular weight excluding hydrogens is 190 g/mol. The highest BCUT2D eigenvalue weighted by Gasteiger charge is 2.24. The molecule has 1 aliphatic heterocycles. The molecule has 3 rings (SSSR count). The van der Waals surface area contributed by atoms with Gasteiger partial charge >= 0.3 is 0 Å². The van der Waals surface area contributed by atoms with Crippen molar-refractivity contribution in [3.8, 4) is 0 Å². The number of hydrogen-bond donors (Lipinski definition) is 2. The van der Waals surface area contributed by atoms with Crippen LogP contribution in [0.1, 0.15) is 23.1 Å². The molecule has 0 bridgehead atoms. The summed E-state index contributed by atoms with van der Waals surface area (Å²) in [6.07, 6.45) is 7.89. The Morgan fingerprint density at radius 1 is 1.27 bits per heavy atom. The highest BCUT2D eigenvalue weighted by atomic mass is 15.0. The summed E-state index contributed by atoms with van der Waals surface area (Å²) < 4.78 is 0. The number of nitrogens with zero attached hydrogens (tertiary/aromatic N) is 3. The van der Waals surface area contributed by atoms with Gasteiger partial charge < -0.3 is 10.3 Å². The maximum atomic E-state index is 4.33. The molecule has 15 heavy (non-hydrogen) atoms. The van der Waals surface area contributed by atoms with Crippen LogP contribution < -0.4 is 5.32 Å². The summed E-state index contributed by atoms with van der Waals surface area (Å²) in [5.41, 5.74) is 3.16. The van der Waals surface area contributed by atoms with Crippen molar-refractivity contribution < 1.29 is 0 Å². The van der Waals surface area contributed by atoms with Crippen molar-refractivity contribution in [2.24, 2.45) is 0 Å². The largest absolute Gasteiger partial charge is 0.348 e. The first-order valence-electron chi connectivity index (χ1n) is 4.96. The van der Waals surface area contributed by atoms with Crippen molar-refractivity contribution in [2.45, 2.75) is 12.5 Å². The molecule has 5 heteroatoms. The van der Waals surface area contributed by atoms with Crippen LogP contribution in [0, 0.1) is 0 Å². The molecule has 0 aliphatic carbocycles. The van der Waals surface area contributed by atoms with E-state index in [2.05, 4.69) is 25.3 Å². The normalized spacial score (nSPS) is 19.9. The van der Waals surface area contributed by atoms with Gasteiger partial charge in [0.25, 0.3) is 0 Å². The van der Waals surface area contributed by atoms with Crippen LogP contribution in [0.15, 0.2) is 24.9 Å². The van der Waals surface area contributed by atoms with Gasteiger partial charge in [-0.3, -0.25) is 9.97 Å². The summed E-state index contributed by atoms with van der Waals surface area (Å²) in [4.78, 5) is 15.9. The number of H-pyrrole nitrogens is 1. The summed E-state index contributed by atoms with van der Waals surface area (Å²) in [6.45, 7) is 0.941. The molecule has 0 radical (unpaired) electrons. The highest BCUT2D eigenvalue weighted by molar-refractivity contribution is 5.26. The van der Waals surface area contributed by atoms with Gasteiger partial charge in [-0.25, -0.2) is 4.98 Å². The van der Waals surface area contributed by atoms with Crippen LogP contribution in [-0.4, -0.2) is 26.5 Å². The fourth-order valence-electron chi connectivity index (χ4n) is 1.92. The number of aromatic amines is 1. The zero-order valence-electron chi connectivity index (χ0n) is 8.14. The number of fused-ring (bicyclic) bond motifs is 1.